The molecule has 0 unspecified atom stereocenters. The molecule has 0 radical (unpaired) electrons. The quantitative estimate of drug-likeness (QED) is 0.307. The first-order chi connectivity index (χ1) is 15.9. The average Bonchev–Trinajstić information content (AvgIpc) is 3.07. The van der Waals surface area contributed by atoms with E-state index < -0.39 is 24.1 Å². The van der Waals surface area contributed by atoms with Crippen molar-refractivity contribution in [2.24, 2.45) is 11.8 Å². The maximum absolute atomic E-state index is 12.3. The first-order valence-electron chi connectivity index (χ1n) is 11.4. The van der Waals surface area contributed by atoms with Crippen molar-refractivity contribution < 1.29 is 24.9 Å². The van der Waals surface area contributed by atoms with Gasteiger partial charge in [0.1, 0.15) is 11.9 Å². The lowest BCUT2D eigenvalue weighted by molar-refractivity contribution is -0.131. The molecule has 1 aliphatic carbocycles. The Morgan fingerprint density at radius 1 is 1.09 bits per heavy atom. The number of unbranched alkanes of at least 4 members (excludes halogenated alkanes) is 2. The summed E-state index contributed by atoms with van der Waals surface area (Å²) in [7, 11) is 0. The van der Waals surface area contributed by atoms with Gasteiger partial charge in [-0.05, 0) is 36.0 Å². The van der Waals surface area contributed by atoms with Crippen molar-refractivity contribution in [3.63, 3.8) is 0 Å². The molecule has 5 nitrogen and oxygen atoms in total. The Morgan fingerprint density at radius 3 is 2.61 bits per heavy atom. The molecular weight excluding hydrogens is 416 g/mol. The van der Waals surface area contributed by atoms with Crippen LogP contribution >= 0.6 is 0 Å². The molecule has 4 atom stereocenters. The lowest BCUT2D eigenvalue weighted by Gasteiger charge is -2.15. The van der Waals surface area contributed by atoms with E-state index in [0.717, 1.165) is 35.6 Å². The van der Waals surface area contributed by atoms with Crippen LogP contribution in [0.15, 0.2) is 66.7 Å². The van der Waals surface area contributed by atoms with E-state index in [4.69, 9.17) is 5.11 Å². The highest BCUT2D eigenvalue weighted by Gasteiger charge is 2.40. The van der Waals surface area contributed by atoms with Gasteiger partial charge in [-0.25, -0.2) is 4.79 Å². The van der Waals surface area contributed by atoms with Gasteiger partial charge in [-0.1, -0.05) is 78.9 Å². The number of carboxylic acids is 1. The van der Waals surface area contributed by atoms with Crippen LogP contribution in [0.2, 0.25) is 0 Å². The molecule has 3 rings (SSSR count). The number of ketones is 1. The normalized spacial score (nSPS) is 21.0. The zero-order valence-corrected chi connectivity index (χ0v) is 18.6. The molecule has 1 fully saturated rings. The molecule has 2 aromatic rings. The van der Waals surface area contributed by atoms with Crippen LogP contribution in [-0.2, 0) is 16.0 Å². The van der Waals surface area contributed by atoms with Crippen LogP contribution in [0.5, 0.6) is 0 Å². The molecule has 33 heavy (non-hydrogen) atoms. The topological polar surface area (TPSA) is 94.8 Å². The fraction of sp³-hybridized carbons (Fsp3) is 0.357. The molecule has 0 bridgehead atoms. The molecule has 0 saturated heterocycles. The summed E-state index contributed by atoms with van der Waals surface area (Å²) in [6.07, 6.45) is 4.24. The van der Waals surface area contributed by atoms with Crippen molar-refractivity contribution in [3.05, 3.63) is 72.3 Å². The van der Waals surface area contributed by atoms with Gasteiger partial charge in [0.2, 0.25) is 0 Å². The summed E-state index contributed by atoms with van der Waals surface area (Å²) >= 11 is 0. The lowest BCUT2D eigenvalue weighted by Crippen LogP contribution is -2.20. The molecule has 0 heterocycles. The highest BCUT2D eigenvalue weighted by Crippen LogP contribution is 2.33. The molecule has 2 aromatic carbocycles. The fourth-order valence-electron chi connectivity index (χ4n) is 4.28. The van der Waals surface area contributed by atoms with E-state index in [-0.39, 0.29) is 18.1 Å². The van der Waals surface area contributed by atoms with E-state index in [9.17, 15) is 19.8 Å². The van der Waals surface area contributed by atoms with Crippen molar-refractivity contribution in [2.45, 2.75) is 50.7 Å². The third-order valence-electron chi connectivity index (χ3n) is 5.95. The Balaban J connectivity index is 1.58. The highest BCUT2D eigenvalue weighted by molar-refractivity contribution is 5.85. The summed E-state index contributed by atoms with van der Waals surface area (Å²) in [5.41, 5.74) is 3.14. The number of Topliss-reactive ketones (excluding diaryl/α,β-unsaturated/α-hetero) is 1. The van der Waals surface area contributed by atoms with E-state index in [1.165, 1.54) is 0 Å². The number of hydrogen-bond donors (Lipinski definition) is 3. The Bertz CT molecular complexity index is 1030. The molecule has 1 aliphatic rings. The summed E-state index contributed by atoms with van der Waals surface area (Å²) in [5, 5.41) is 29.4. The van der Waals surface area contributed by atoms with Crippen molar-refractivity contribution in [3.8, 4) is 23.0 Å². The SMILES string of the molecule is O=C(O)C=CCCCC[C@H]1C(=O)C[C@@H](O)[C@@H]1C#C[C@@H](O)Cc1cccc(-c2ccccc2)c1. The van der Waals surface area contributed by atoms with Gasteiger partial charge in [-0.3, -0.25) is 4.79 Å². The van der Waals surface area contributed by atoms with Crippen LogP contribution in [0.25, 0.3) is 11.1 Å². The second kappa shape index (κ2) is 12.2. The van der Waals surface area contributed by atoms with Gasteiger partial charge in [0.15, 0.2) is 0 Å². The first kappa shape index (κ1) is 24.4. The van der Waals surface area contributed by atoms with E-state index >= 15 is 0 Å². The number of aliphatic hydroxyl groups is 2. The van der Waals surface area contributed by atoms with Crippen LogP contribution in [0.1, 0.15) is 37.7 Å². The van der Waals surface area contributed by atoms with Gasteiger partial charge in [0, 0.05) is 24.8 Å². The zero-order chi connectivity index (χ0) is 23.6. The summed E-state index contributed by atoms with van der Waals surface area (Å²) in [4.78, 5) is 22.8. The summed E-state index contributed by atoms with van der Waals surface area (Å²) in [6, 6.07) is 18.0. The van der Waals surface area contributed by atoms with Gasteiger partial charge < -0.3 is 15.3 Å². The zero-order valence-electron chi connectivity index (χ0n) is 18.6. The van der Waals surface area contributed by atoms with Crippen LogP contribution < -0.4 is 0 Å². The Kier molecular flexibility index (Phi) is 9.00. The van der Waals surface area contributed by atoms with Gasteiger partial charge >= 0.3 is 5.97 Å². The minimum Gasteiger partial charge on any atom is -0.478 e. The molecule has 0 aromatic heterocycles. The van der Waals surface area contributed by atoms with E-state index in [1.54, 1.807) is 6.08 Å². The molecular formula is C28H30O5. The number of aliphatic hydroxyl groups excluding tert-OH is 2. The maximum Gasteiger partial charge on any atom is 0.327 e. The number of carboxylic acid groups (broad SMARTS) is 1. The summed E-state index contributed by atoms with van der Waals surface area (Å²) in [5.74, 6) is 4.06. The van der Waals surface area contributed by atoms with Crippen LogP contribution in [0.4, 0.5) is 0 Å². The standard InChI is InChI=1S/C28H30O5/c29-23(18-20-9-8-12-22(17-20)21-10-4-3-5-11-21)15-16-25-24(26(30)19-27(25)31)13-6-1-2-7-14-28(32)33/h3-5,7-12,14,17,23-25,27,29,31H,1-2,6,13,18-19H2,(H,32,33)/t23-,24-,25-,27-/m1/s1. The largest absolute Gasteiger partial charge is 0.478 e. The van der Waals surface area contributed by atoms with Crippen molar-refractivity contribution in [1.82, 2.24) is 0 Å². The predicted molar refractivity (Wildman–Crippen MR) is 127 cm³/mol. The summed E-state index contributed by atoms with van der Waals surface area (Å²) < 4.78 is 0. The monoisotopic (exact) mass is 446 g/mol. The molecule has 0 aliphatic heterocycles. The number of carbonyl (C=O) groups excluding carboxylic acids is 1. The van der Waals surface area contributed by atoms with Crippen molar-refractivity contribution in [1.29, 1.82) is 0 Å². The van der Waals surface area contributed by atoms with Crippen molar-refractivity contribution in [2.75, 3.05) is 0 Å². The van der Waals surface area contributed by atoms with Gasteiger partial charge in [0.05, 0.1) is 12.0 Å². The summed E-state index contributed by atoms with van der Waals surface area (Å²) in [6.45, 7) is 0. The number of carbonyl (C=O) groups is 2. The number of rotatable bonds is 9. The van der Waals surface area contributed by atoms with E-state index in [1.807, 2.05) is 54.6 Å². The smallest absolute Gasteiger partial charge is 0.327 e. The number of hydrogen-bond acceptors (Lipinski definition) is 4. The lowest BCUT2D eigenvalue weighted by atomic mass is 9.89. The Hall–Kier alpha value is -3.20. The maximum atomic E-state index is 12.3. The Labute approximate surface area is 194 Å². The van der Waals surface area contributed by atoms with E-state index in [0.29, 0.717) is 19.3 Å². The van der Waals surface area contributed by atoms with Gasteiger partial charge in [0.25, 0.3) is 0 Å². The number of aliphatic carboxylic acids is 1. The van der Waals surface area contributed by atoms with Gasteiger partial charge in [-0.2, -0.15) is 0 Å². The van der Waals surface area contributed by atoms with Crippen molar-refractivity contribution >= 4 is 11.8 Å². The number of allylic oxidation sites excluding steroid dienone is 1. The first-order valence-corrected chi connectivity index (χ1v) is 11.4. The molecule has 3 N–H and O–H groups in total. The molecule has 0 amide bonds. The predicted octanol–water partition coefficient (Wildman–Crippen LogP) is 4.03. The second-order valence-corrected chi connectivity index (χ2v) is 8.47. The van der Waals surface area contributed by atoms with Crippen LogP contribution in [-0.4, -0.2) is 39.3 Å². The molecule has 5 heteroatoms. The Morgan fingerprint density at radius 2 is 1.85 bits per heavy atom. The van der Waals surface area contributed by atoms with Crippen LogP contribution in [0, 0.1) is 23.7 Å². The van der Waals surface area contributed by atoms with E-state index in [2.05, 4.69) is 11.8 Å². The molecule has 0 spiro atoms. The van der Waals surface area contributed by atoms with Gasteiger partial charge in [-0.15, -0.1) is 0 Å². The minimum atomic E-state index is -0.968. The average molecular weight is 447 g/mol. The third-order valence-corrected chi connectivity index (χ3v) is 5.95. The molecule has 172 valence electrons. The molecule has 1 saturated carbocycles. The highest BCUT2D eigenvalue weighted by atomic mass is 16.4. The second-order valence-electron chi connectivity index (χ2n) is 8.47. The third kappa shape index (κ3) is 7.42. The van der Waals surface area contributed by atoms with Crippen LogP contribution in [0.3, 0.4) is 0 Å². The fourth-order valence-corrected chi connectivity index (χ4v) is 4.28. The number of benzene rings is 2. The minimum absolute atomic E-state index is 0.00734.